The van der Waals surface area contributed by atoms with E-state index in [2.05, 4.69) is 4.52 Å². The molecule has 0 aliphatic heterocycles. The minimum absolute atomic E-state index is 0.0242. The number of halogens is 2. The summed E-state index contributed by atoms with van der Waals surface area (Å²) in [6.07, 6.45) is -0.0242. The lowest BCUT2D eigenvalue weighted by atomic mass is 10.9. The van der Waals surface area contributed by atoms with Gasteiger partial charge >= 0.3 is 7.68 Å². The van der Waals surface area contributed by atoms with Crippen LogP contribution in [0.25, 0.3) is 0 Å². The zero-order valence-electron chi connectivity index (χ0n) is 5.14. The Hall–Kier alpha value is 0.850. The van der Waals surface area contributed by atoms with E-state index in [9.17, 15) is 8.76 Å². The molecule has 0 fully saturated rings. The third-order valence-corrected chi connectivity index (χ3v) is 2.50. The lowest BCUT2D eigenvalue weighted by Gasteiger charge is -2.03. The molecular weight excluding hydrogens is 257 g/mol. The van der Waals surface area contributed by atoms with Crippen LogP contribution in [0.2, 0.25) is 0 Å². The van der Waals surface area contributed by atoms with Crippen LogP contribution in [0.5, 0.6) is 0 Å². The molecule has 0 radical (unpaired) electrons. The average Bonchev–Trinajstić information content (AvgIpc) is 1.84. The molecule has 0 aromatic carbocycles. The van der Waals surface area contributed by atoms with Crippen molar-refractivity contribution in [1.82, 2.24) is 0 Å². The molecule has 0 aromatic heterocycles. The highest BCUT2D eigenvalue weighted by Gasteiger charge is 2.17. The van der Waals surface area contributed by atoms with E-state index >= 15 is 0 Å². The predicted molar refractivity (Wildman–Crippen MR) is 44.1 cm³/mol. The molecule has 5 heteroatoms. The quantitative estimate of drug-likeness (QED) is 0.444. The average molecular weight is 266 g/mol. The fourth-order valence-electron chi connectivity index (χ4n) is 0.262. The summed E-state index contributed by atoms with van der Waals surface area (Å²) < 4.78 is 27.9. The summed E-state index contributed by atoms with van der Waals surface area (Å²) in [7, 11) is -3.69. The molecule has 9 heavy (non-hydrogen) atoms. The first-order chi connectivity index (χ1) is 4.12. The second-order valence-corrected chi connectivity index (χ2v) is 4.58. The summed E-state index contributed by atoms with van der Waals surface area (Å²) in [4.78, 5) is 0. The van der Waals surface area contributed by atoms with Gasteiger partial charge in [0, 0.05) is 4.43 Å². The normalized spacial score (nSPS) is 17.2. The largest absolute Gasteiger partial charge is 0.367 e. The van der Waals surface area contributed by atoms with Gasteiger partial charge in [0.05, 0.1) is 12.8 Å². The predicted octanol–water partition coefficient (Wildman–Crippen LogP) is 2.62. The summed E-state index contributed by atoms with van der Waals surface area (Å²) in [5, 5.41) is 0. The van der Waals surface area contributed by atoms with Crippen molar-refractivity contribution in [2.24, 2.45) is 0 Å². The second-order valence-electron chi connectivity index (χ2n) is 1.43. The number of rotatable bonds is 4. The minimum atomic E-state index is -3.69. The summed E-state index contributed by atoms with van der Waals surface area (Å²) >= 11 is 2.03. The lowest BCUT2D eigenvalue weighted by Crippen LogP contribution is -1.91. The van der Waals surface area contributed by atoms with Gasteiger partial charge in [0.15, 0.2) is 0 Å². The van der Waals surface area contributed by atoms with Crippen LogP contribution in [0.4, 0.5) is 4.20 Å². The first-order valence-electron chi connectivity index (χ1n) is 2.61. The monoisotopic (exact) mass is 266 g/mol. The molecule has 0 N–H and O–H groups in total. The first-order valence-corrected chi connectivity index (χ1v) is 5.84. The number of alkyl halides is 1. The highest BCUT2D eigenvalue weighted by molar-refractivity contribution is 14.1. The van der Waals surface area contributed by atoms with Gasteiger partial charge in [0.2, 0.25) is 0 Å². The van der Waals surface area contributed by atoms with Crippen molar-refractivity contribution in [2.45, 2.75) is 6.92 Å². The molecule has 1 unspecified atom stereocenters. The molecule has 0 rings (SSSR count). The Balaban J connectivity index is 3.46. The summed E-state index contributed by atoms with van der Waals surface area (Å²) in [5.41, 5.74) is 0. The maximum absolute atomic E-state index is 12.3. The molecule has 0 spiro atoms. The van der Waals surface area contributed by atoms with Gasteiger partial charge in [-0.15, -0.1) is 0 Å². The Kier molecular flexibility index (Phi) is 5.07. The molecule has 0 aromatic rings. The van der Waals surface area contributed by atoms with Crippen LogP contribution in [0, 0.1) is 0 Å². The van der Waals surface area contributed by atoms with Gasteiger partial charge in [-0.05, 0) is 0 Å². The van der Waals surface area contributed by atoms with E-state index in [1.165, 1.54) is 6.92 Å². The Labute approximate surface area is 67.9 Å². The van der Waals surface area contributed by atoms with Gasteiger partial charge < -0.3 is 4.52 Å². The zero-order valence-corrected chi connectivity index (χ0v) is 8.19. The van der Waals surface area contributed by atoms with Gasteiger partial charge in [-0.25, -0.2) is 0 Å². The van der Waals surface area contributed by atoms with Crippen LogP contribution in [0.15, 0.2) is 0 Å². The molecule has 0 heterocycles. The maximum atomic E-state index is 12.3. The molecule has 0 amide bonds. The highest BCUT2D eigenvalue weighted by atomic mass is 127. The lowest BCUT2D eigenvalue weighted by molar-refractivity contribution is 0.309. The van der Waals surface area contributed by atoms with E-state index in [0.29, 0.717) is 4.43 Å². The third-order valence-electron chi connectivity index (χ3n) is 0.739. The van der Waals surface area contributed by atoms with Crippen molar-refractivity contribution in [3.63, 3.8) is 0 Å². The highest BCUT2D eigenvalue weighted by Crippen LogP contribution is 2.47. The zero-order chi connectivity index (χ0) is 7.33. The second kappa shape index (κ2) is 4.63. The topological polar surface area (TPSA) is 26.3 Å². The van der Waals surface area contributed by atoms with Gasteiger partial charge in [-0.2, -0.15) is 4.20 Å². The Morgan fingerprint density at radius 1 is 1.78 bits per heavy atom. The standard InChI is InChI=1S/C4H9FIO2P/c1-2-9(5,7)8-4-3-6/h2-4H2,1H3. The fraction of sp³-hybridized carbons (Fsp3) is 1.00. The fourth-order valence-corrected chi connectivity index (χ4v) is 1.38. The molecule has 0 aliphatic rings. The smallest absolute Gasteiger partial charge is 0.305 e. The van der Waals surface area contributed by atoms with E-state index in [1.54, 1.807) is 0 Å². The molecule has 0 saturated heterocycles. The maximum Gasteiger partial charge on any atom is 0.367 e. The van der Waals surface area contributed by atoms with Crippen LogP contribution >= 0.6 is 30.3 Å². The van der Waals surface area contributed by atoms with Gasteiger partial charge in [0.1, 0.15) is 0 Å². The summed E-state index contributed by atoms with van der Waals surface area (Å²) in [5.74, 6) is 0. The van der Waals surface area contributed by atoms with Crippen molar-refractivity contribution >= 4 is 30.3 Å². The van der Waals surface area contributed by atoms with E-state index in [-0.39, 0.29) is 12.8 Å². The number of hydrogen-bond acceptors (Lipinski definition) is 2. The molecular formula is C4H9FIO2P. The molecule has 56 valence electrons. The van der Waals surface area contributed by atoms with Crippen LogP contribution in [0.3, 0.4) is 0 Å². The van der Waals surface area contributed by atoms with Crippen LogP contribution in [-0.2, 0) is 9.09 Å². The van der Waals surface area contributed by atoms with Gasteiger partial charge in [0.25, 0.3) is 0 Å². The summed E-state index contributed by atoms with van der Waals surface area (Å²) in [6, 6.07) is 0. The molecule has 2 nitrogen and oxygen atoms in total. The van der Waals surface area contributed by atoms with Crippen LogP contribution in [-0.4, -0.2) is 17.2 Å². The Bertz CT molecular complexity index is 119. The van der Waals surface area contributed by atoms with E-state index in [4.69, 9.17) is 0 Å². The SMILES string of the molecule is CCP(=O)(F)OCCI. The van der Waals surface area contributed by atoms with E-state index in [0.717, 1.165) is 0 Å². The first kappa shape index (κ1) is 9.85. The van der Waals surface area contributed by atoms with Crippen LogP contribution < -0.4 is 0 Å². The molecule has 1 atom stereocenters. The van der Waals surface area contributed by atoms with E-state index in [1.807, 2.05) is 22.6 Å². The van der Waals surface area contributed by atoms with E-state index < -0.39 is 7.68 Å². The Morgan fingerprint density at radius 3 is 2.67 bits per heavy atom. The van der Waals surface area contributed by atoms with Gasteiger partial charge in [-0.3, -0.25) is 4.57 Å². The van der Waals surface area contributed by atoms with Crippen molar-refractivity contribution in [1.29, 1.82) is 0 Å². The molecule has 0 saturated carbocycles. The third kappa shape index (κ3) is 5.30. The number of hydrogen-bond donors (Lipinski definition) is 0. The van der Waals surface area contributed by atoms with Crippen molar-refractivity contribution in [2.75, 3.05) is 17.2 Å². The summed E-state index contributed by atoms with van der Waals surface area (Å²) in [6.45, 7) is 1.75. The van der Waals surface area contributed by atoms with Crippen molar-refractivity contribution < 1.29 is 13.3 Å². The minimum Gasteiger partial charge on any atom is -0.305 e. The van der Waals surface area contributed by atoms with Crippen molar-refractivity contribution in [3.05, 3.63) is 0 Å². The van der Waals surface area contributed by atoms with Crippen LogP contribution in [0.1, 0.15) is 6.92 Å². The Morgan fingerprint density at radius 2 is 2.33 bits per heavy atom. The molecule has 0 bridgehead atoms. The van der Waals surface area contributed by atoms with Crippen molar-refractivity contribution in [3.8, 4) is 0 Å². The van der Waals surface area contributed by atoms with Gasteiger partial charge in [-0.1, -0.05) is 29.5 Å². The molecule has 0 aliphatic carbocycles.